The van der Waals surface area contributed by atoms with Crippen molar-refractivity contribution >= 4 is 118 Å². The lowest BCUT2D eigenvalue weighted by Crippen LogP contribution is -2.63. The van der Waals surface area contributed by atoms with E-state index in [-0.39, 0.29) is 81.7 Å². The monoisotopic (exact) mass is 1750 g/mol. The molecule has 1 saturated heterocycles. The molecule has 47 nitrogen and oxygen atoms in total. The molecule has 1 aliphatic heterocycles. The smallest absolute Gasteiger partial charge is 0.326 e. The van der Waals surface area contributed by atoms with Crippen LogP contribution in [0.1, 0.15) is 165 Å². The van der Waals surface area contributed by atoms with Gasteiger partial charge in [-0.25, -0.2) is 4.79 Å². The Hall–Kier alpha value is -12.0. The number of nitrogens with two attached hydrogens (primary N) is 4. The minimum Gasteiger partial charge on any atom is -0.508 e. The van der Waals surface area contributed by atoms with Crippen LogP contribution in [0, 0.1) is 23.7 Å². The number of nitrogens with zero attached hydrogens (tertiary/aromatic N) is 2. The van der Waals surface area contributed by atoms with E-state index in [4.69, 9.17) is 28.0 Å². The first-order valence-corrected chi connectivity index (χ1v) is 40.1. The largest absolute Gasteiger partial charge is 0.508 e. The van der Waals surface area contributed by atoms with E-state index in [0.717, 1.165) is 18.7 Å². The molecular formula is C76H123N19O28. The number of nitrogens with one attached hydrogen (secondary N) is 13. The molecule has 0 radical (unpaired) electrons. The number of primary amides is 1. The lowest BCUT2D eigenvalue weighted by atomic mass is 9.96. The highest BCUT2D eigenvalue weighted by Gasteiger charge is 2.43. The van der Waals surface area contributed by atoms with Crippen LogP contribution in [0.5, 0.6) is 5.75 Å². The van der Waals surface area contributed by atoms with E-state index < -0.39 is 297 Å². The fourth-order valence-corrected chi connectivity index (χ4v) is 12.5. The first kappa shape index (κ1) is 107. The number of amides is 15. The molecule has 47 heteroatoms. The van der Waals surface area contributed by atoms with E-state index in [2.05, 4.69) is 74.1 Å². The van der Waals surface area contributed by atoms with Crippen LogP contribution < -0.4 is 92.1 Å². The van der Waals surface area contributed by atoms with Gasteiger partial charge in [0.2, 0.25) is 88.6 Å². The normalized spacial score (nSPS) is 16.9. The number of aliphatic imine (C=N–C) groups is 1. The molecule has 690 valence electrons. The van der Waals surface area contributed by atoms with Gasteiger partial charge in [-0.1, -0.05) is 80.4 Å². The number of aromatic hydroxyl groups is 1. The number of aliphatic hydroxyl groups is 4. The molecule has 19 atom stereocenters. The van der Waals surface area contributed by atoms with Gasteiger partial charge in [0.25, 0.3) is 0 Å². The molecule has 15 amide bonds. The maximum atomic E-state index is 14.8. The Balaban J connectivity index is 2.55. The molecule has 0 unspecified atom stereocenters. The molecule has 1 aliphatic rings. The third kappa shape index (κ3) is 37.5. The maximum Gasteiger partial charge on any atom is 0.326 e. The number of aliphatic hydroxyl groups excluding tert-OH is 4. The Kier molecular flexibility index (Phi) is 46.2. The van der Waals surface area contributed by atoms with Crippen molar-refractivity contribution in [3.63, 3.8) is 0 Å². The van der Waals surface area contributed by atoms with Crippen LogP contribution in [-0.2, 0) is 97.5 Å². The second-order valence-corrected chi connectivity index (χ2v) is 31.0. The Morgan fingerprint density at radius 1 is 0.447 bits per heavy atom. The standard InChI is InChI=1S/C76H123N19O28/c1-11-36(7)57(70(117)84-45(75(122)123)21-23-53(78)101)91-66(113)49(31-56(106)107)87-61(108)43(15-13-25-81-76(79)80)82-63(110)46(27-34(3)4)85-64(111)47(28-35(5)6)88-72(119)60(39(10)99)94-71(118)58(37(8)12-2)92-65(112)48(29-40-17-19-41(100)20-18-40)86-62(109)44(22-24-54(102)103)83-67(114)50(32-96)89-68(115)51(33-97)90-73(120)59(38(9)98)93-69(116)52-16-14-26-95(52)74(121)42(77)30-55(104)105/h17-20,34-39,42-52,57-60,96-100H,11-16,21-33,77H2,1-10H3,(H2,78,101)(H,82,110)(H,83,114)(H,84,117)(H,85,111)(H,86,109)(H,87,108)(H,88,119)(H,89,115)(H,90,120)(H,91,113)(H,92,112)(H,93,116)(H,94,118)(H,102,103)(H,104,105)(H,106,107)(H,122,123)(H4,79,80,81)/t36-,37-,38+,39+,42-,43-,44-,45-,46-,47-,48-,49-,50-,51-,52-,57-,58-,59-,60-/m0/s1. The van der Waals surface area contributed by atoms with Crippen LogP contribution in [-0.4, -0.2) is 298 Å². The molecule has 2 rings (SSSR count). The topological polar surface area (TPSA) is 782 Å². The van der Waals surface area contributed by atoms with Crippen molar-refractivity contribution in [3.8, 4) is 5.75 Å². The maximum absolute atomic E-state index is 14.8. The molecule has 1 fully saturated rings. The van der Waals surface area contributed by atoms with Gasteiger partial charge >= 0.3 is 23.9 Å². The summed E-state index contributed by atoms with van der Waals surface area (Å²) in [6.45, 7) is 12.3. The van der Waals surface area contributed by atoms with Crippen molar-refractivity contribution < 1.29 is 137 Å². The lowest BCUT2D eigenvalue weighted by Gasteiger charge is -2.31. The van der Waals surface area contributed by atoms with Gasteiger partial charge in [0.15, 0.2) is 5.96 Å². The van der Waals surface area contributed by atoms with E-state index in [1.807, 2.05) is 0 Å². The third-order valence-corrected chi connectivity index (χ3v) is 19.7. The first-order chi connectivity index (χ1) is 57.5. The second kappa shape index (κ2) is 53.0. The molecule has 0 aromatic heterocycles. The van der Waals surface area contributed by atoms with E-state index >= 15 is 0 Å². The molecule has 1 heterocycles. The second-order valence-electron chi connectivity index (χ2n) is 31.0. The van der Waals surface area contributed by atoms with Gasteiger partial charge in [0.05, 0.1) is 44.3 Å². The number of carboxylic acid groups (broad SMARTS) is 4. The summed E-state index contributed by atoms with van der Waals surface area (Å²) in [4.78, 5) is 261. The number of rotatable bonds is 56. The van der Waals surface area contributed by atoms with Gasteiger partial charge in [0.1, 0.15) is 90.3 Å². The Morgan fingerprint density at radius 2 is 0.821 bits per heavy atom. The summed E-state index contributed by atoms with van der Waals surface area (Å²) in [6.07, 6.45) is -8.48. The van der Waals surface area contributed by atoms with Gasteiger partial charge in [-0.2, -0.15) is 0 Å². The Morgan fingerprint density at radius 3 is 1.26 bits per heavy atom. The molecule has 1 aromatic rings. The highest BCUT2D eigenvalue weighted by molar-refractivity contribution is 6.01. The average Bonchev–Trinajstić information content (AvgIpc) is 1.77. The number of likely N-dealkylation sites (tertiary alicyclic amines) is 1. The summed E-state index contributed by atoms with van der Waals surface area (Å²) in [6, 6.07) is -21.0. The third-order valence-electron chi connectivity index (χ3n) is 19.7. The first-order valence-electron chi connectivity index (χ1n) is 40.1. The van der Waals surface area contributed by atoms with Crippen molar-refractivity contribution in [1.82, 2.24) is 74.0 Å². The van der Waals surface area contributed by atoms with Crippen LogP contribution in [0.4, 0.5) is 0 Å². The predicted octanol–water partition coefficient (Wildman–Crippen LogP) is -8.30. The minimum atomic E-state index is -2.08. The number of carbonyl (C=O) groups is 19. The minimum absolute atomic E-state index is 0.0192. The van der Waals surface area contributed by atoms with E-state index in [1.165, 1.54) is 38.1 Å². The number of hydrogen-bond acceptors (Lipinski definition) is 26. The number of benzene rings is 1. The van der Waals surface area contributed by atoms with E-state index in [1.54, 1.807) is 41.5 Å². The van der Waals surface area contributed by atoms with E-state index in [9.17, 15) is 132 Å². The molecule has 30 N–H and O–H groups in total. The van der Waals surface area contributed by atoms with Crippen LogP contribution >= 0.6 is 0 Å². The fourth-order valence-electron chi connectivity index (χ4n) is 12.5. The van der Waals surface area contributed by atoms with Crippen molar-refractivity contribution in [3.05, 3.63) is 29.8 Å². The quantitative estimate of drug-likeness (QED) is 0.0164. The zero-order valence-corrected chi connectivity index (χ0v) is 70.4. The SMILES string of the molecule is CC[C@H](C)[C@H](NC(=O)[C@H](CC(=O)O)NC(=O)[C@H](CCCN=C(N)N)NC(=O)[C@H](CC(C)C)NC(=O)[C@H](CC(C)C)NC(=O)[C@@H](NC(=O)[C@@H](NC(=O)[C@H](Cc1ccc(O)cc1)NC(=O)[C@H](CCC(=O)O)NC(=O)[C@H](CO)NC(=O)[C@H](CO)NC(=O)[C@@H](NC(=O)[C@@H]1CCCN1C(=O)[C@@H](N)CC(=O)O)[C@@H](C)O)[C@@H](C)CC)[C@@H](C)O)C(=O)N[C@@H](CCC(N)=O)C(=O)O. The Bertz CT molecular complexity index is 3860. The lowest BCUT2D eigenvalue weighted by molar-refractivity contribution is -0.144. The molecule has 0 spiro atoms. The molecule has 0 saturated carbocycles. The predicted molar refractivity (Wildman–Crippen MR) is 432 cm³/mol. The highest BCUT2D eigenvalue weighted by Crippen LogP contribution is 2.22. The summed E-state index contributed by atoms with van der Waals surface area (Å²) >= 11 is 0. The molecule has 1 aromatic carbocycles. The summed E-state index contributed by atoms with van der Waals surface area (Å²) < 4.78 is 0. The highest BCUT2D eigenvalue weighted by atomic mass is 16.4. The summed E-state index contributed by atoms with van der Waals surface area (Å²) in [7, 11) is 0. The van der Waals surface area contributed by atoms with Crippen LogP contribution in [0.15, 0.2) is 29.3 Å². The number of carbonyl (C=O) groups excluding carboxylic acids is 15. The van der Waals surface area contributed by atoms with Crippen LogP contribution in [0.25, 0.3) is 0 Å². The van der Waals surface area contributed by atoms with Crippen molar-refractivity contribution in [2.45, 2.75) is 268 Å². The number of hydrogen-bond donors (Lipinski definition) is 26. The zero-order chi connectivity index (χ0) is 93.6. The van der Waals surface area contributed by atoms with Crippen LogP contribution in [0.2, 0.25) is 0 Å². The number of carboxylic acids is 4. The van der Waals surface area contributed by atoms with Gasteiger partial charge in [-0.05, 0) is 107 Å². The molecular weight excluding hydrogens is 1630 g/mol. The summed E-state index contributed by atoms with van der Waals surface area (Å²) in [5.41, 5.74) is 22.2. The van der Waals surface area contributed by atoms with Crippen molar-refractivity contribution in [2.75, 3.05) is 26.3 Å². The number of phenolic OH excluding ortho intramolecular Hbond substituents is 1. The van der Waals surface area contributed by atoms with Crippen LogP contribution in [0.3, 0.4) is 0 Å². The van der Waals surface area contributed by atoms with Gasteiger partial charge < -0.3 is 143 Å². The van der Waals surface area contributed by atoms with Gasteiger partial charge in [0, 0.05) is 32.4 Å². The number of phenols is 1. The van der Waals surface area contributed by atoms with E-state index in [0.29, 0.717) is 0 Å². The van der Waals surface area contributed by atoms with Crippen molar-refractivity contribution in [1.29, 1.82) is 0 Å². The molecule has 123 heavy (non-hydrogen) atoms. The average molecular weight is 1750 g/mol. The fraction of sp³-hybridized carbons (Fsp3) is 0.658. The molecule has 0 aliphatic carbocycles. The summed E-state index contributed by atoms with van der Waals surface area (Å²) in [5.74, 6) is -26.2. The number of guanidine groups is 1. The van der Waals surface area contributed by atoms with Gasteiger partial charge in [-0.3, -0.25) is 91.3 Å². The molecule has 0 bridgehead atoms. The van der Waals surface area contributed by atoms with Gasteiger partial charge in [-0.15, -0.1) is 0 Å². The zero-order valence-electron chi connectivity index (χ0n) is 70.4. The van der Waals surface area contributed by atoms with Crippen molar-refractivity contribution in [2.24, 2.45) is 51.6 Å². The Labute approximate surface area is 708 Å². The summed E-state index contributed by atoms with van der Waals surface area (Å²) in [5, 5.41) is 122. The number of aliphatic carboxylic acids is 4.